The minimum absolute atomic E-state index is 0. The van der Waals surface area contributed by atoms with Crippen LogP contribution in [0.1, 0.15) is 30.0 Å². The van der Waals surface area contributed by atoms with Crippen LogP contribution in [0.25, 0.3) is 0 Å². The maximum Gasteiger partial charge on any atom is 0.327 e. The lowest BCUT2D eigenvalue weighted by Gasteiger charge is -2.10. The van der Waals surface area contributed by atoms with Crippen molar-refractivity contribution in [3.63, 3.8) is 0 Å². The summed E-state index contributed by atoms with van der Waals surface area (Å²) in [4.78, 5) is 10.3. The van der Waals surface area contributed by atoms with Crippen molar-refractivity contribution in [1.29, 1.82) is 0 Å². The molecule has 0 saturated carbocycles. The Morgan fingerprint density at radius 3 is 2.67 bits per heavy atom. The smallest absolute Gasteiger partial charge is 0.327 e. The number of aliphatic carboxylic acids is 1. The summed E-state index contributed by atoms with van der Waals surface area (Å²) >= 11 is 0. The van der Waals surface area contributed by atoms with E-state index in [0.717, 1.165) is 12.1 Å². The maximum absolute atomic E-state index is 10.3. The second-order valence-corrected chi connectivity index (χ2v) is 4.34. The van der Waals surface area contributed by atoms with E-state index in [1.165, 1.54) is 24.5 Å². The second kappa shape index (κ2) is 7.19. The summed E-state index contributed by atoms with van der Waals surface area (Å²) in [6.07, 6.45) is 5.98. The fourth-order valence-corrected chi connectivity index (χ4v) is 2.15. The van der Waals surface area contributed by atoms with Crippen molar-refractivity contribution in [3.8, 4) is 0 Å². The van der Waals surface area contributed by atoms with Crippen molar-refractivity contribution in [2.24, 2.45) is 0 Å². The first-order chi connectivity index (χ1) is 8.25. The van der Waals surface area contributed by atoms with Gasteiger partial charge in [-0.25, -0.2) is 4.79 Å². The Morgan fingerprint density at radius 1 is 1.39 bits per heavy atom. The molecule has 0 aliphatic carbocycles. The average molecular weight is 268 g/mol. The first kappa shape index (κ1) is 14.7. The molecule has 98 valence electrons. The molecular formula is C14H18ClNO2. The van der Waals surface area contributed by atoms with Crippen LogP contribution >= 0.6 is 12.4 Å². The van der Waals surface area contributed by atoms with Crippen molar-refractivity contribution >= 4 is 18.4 Å². The molecule has 1 aliphatic heterocycles. The van der Waals surface area contributed by atoms with Gasteiger partial charge in [-0.05, 0) is 36.9 Å². The molecule has 1 fully saturated rings. The van der Waals surface area contributed by atoms with E-state index in [9.17, 15) is 4.79 Å². The van der Waals surface area contributed by atoms with Crippen LogP contribution in [0.5, 0.6) is 0 Å². The molecule has 1 saturated heterocycles. The van der Waals surface area contributed by atoms with Gasteiger partial charge in [-0.2, -0.15) is 0 Å². The Bertz CT molecular complexity index is 408. The zero-order chi connectivity index (χ0) is 12.1. The molecule has 0 amide bonds. The van der Waals surface area contributed by atoms with Crippen LogP contribution in [0.15, 0.2) is 36.4 Å². The molecule has 0 spiro atoms. The number of carbonyl (C=O) groups is 1. The van der Waals surface area contributed by atoms with E-state index in [-0.39, 0.29) is 12.4 Å². The second-order valence-electron chi connectivity index (χ2n) is 4.34. The summed E-state index contributed by atoms with van der Waals surface area (Å²) in [5.74, 6) is -0.892. The number of rotatable bonds is 4. The molecule has 2 rings (SSSR count). The molecule has 4 heteroatoms. The quantitative estimate of drug-likeness (QED) is 0.825. The van der Waals surface area contributed by atoms with Crippen LogP contribution in [-0.4, -0.2) is 17.6 Å². The summed E-state index contributed by atoms with van der Waals surface area (Å²) in [6.45, 7) is 1.10. The van der Waals surface area contributed by atoms with Crippen molar-refractivity contribution in [1.82, 2.24) is 5.32 Å². The van der Waals surface area contributed by atoms with Gasteiger partial charge in [-0.3, -0.25) is 0 Å². The van der Waals surface area contributed by atoms with E-state index in [1.54, 1.807) is 6.08 Å². The van der Waals surface area contributed by atoms with Gasteiger partial charge in [0.15, 0.2) is 0 Å². The third kappa shape index (κ3) is 4.17. The van der Waals surface area contributed by atoms with Gasteiger partial charge in [-0.15, -0.1) is 12.4 Å². The molecular weight excluding hydrogens is 250 g/mol. The summed E-state index contributed by atoms with van der Waals surface area (Å²) in [7, 11) is 0. The van der Waals surface area contributed by atoms with Crippen molar-refractivity contribution in [2.75, 3.05) is 6.54 Å². The zero-order valence-electron chi connectivity index (χ0n) is 10.1. The Hall–Kier alpha value is -1.32. The normalized spacial score (nSPS) is 18.8. The summed E-state index contributed by atoms with van der Waals surface area (Å²) in [5, 5.41) is 11.9. The van der Waals surface area contributed by atoms with Crippen LogP contribution in [0.3, 0.4) is 0 Å². The molecule has 1 atom stereocenters. The van der Waals surface area contributed by atoms with Crippen LogP contribution in [0.2, 0.25) is 0 Å². The molecule has 1 aromatic carbocycles. The van der Waals surface area contributed by atoms with Crippen molar-refractivity contribution < 1.29 is 9.90 Å². The number of carboxylic acids is 1. The maximum atomic E-state index is 10.3. The summed E-state index contributed by atoms with van der Waals surface area (Å²) < 4.78 is 0. The fraction of sp³-hybridized carbons (Fsp3) is 0.357. The number of nitrogens with one attached hydrogen (secondary N) is 1. The van der Waals surface area contributed by atoms with Gasteiger partial charge in [0.1, 0.15) is 0 Å². The molecule has 0 unspecified atom stereocenters. The molecule has 2 N–H and O–H groups in total. The van der Waals surface area contributed by atoms with E-state index in [0.29, 0.717) is 12.5 Å². The number of halogens is 1. The van der Waals surface area contributed by atoms with E-state index < -0.39 is 5.97 Å². The zero-order valence-corrected chi connectivity index (χ0v) is 11.0. The minimum Gasteiger partial charge on any atom is -0.478 e. The minimum atomic E-state index is -0.892. The Labute approximate surface area is 113 Å². The van der Waals surface area contributed by atoms with Gasteiger partial charge < -0.3 is 10.4 Å². The average Bonchev–Trinajstić information content (AvgIpc) is 2.83. The third-order valence-corrected chi connectivity index (χ3v) is 3.06. The van der Waals surface area contributed by atoms with Crippen LogP contribution in [0.4, 0.5) is 0 Å². The van der Waals surface area contributed by atoms with E-state index in [1.807, 2.05) is 0 Å². The highest BCUT2D eigenvalue weighted by Gasteiger charge is 2.15. The Kier molecular flexibility index (Phi) is 5.89. The number of allylic oxidation sites excluding steroid dienone is 1. The SMILES string of the molecule is Cl.O=C(O)C=CCc1ccc([C@@H]2CCCN2)cc1. The van der Waals surface area contributed by atoms with Crippen molar-refractivity contribution in [3.05, 3.63) is 47.5 Å². The van der Waals surface area contributed by atoms with Gasteiger partial charge in [0, 0.05) is 12.1 Å². The summed E-state index contributed by atoms with van der Waals surface area (Å²) in [5.41, 5.74) is 2.47. The van der Waals surface area contributed by atoms with Crippen LogP contribution in [-0.2, 0) is 11.2 Å². The lowest BCUT2D eigenvalue weighted by Crippen LogP contribution is -2.12. The van der Waals surface area contributed by atoms with E-state index >= 15 is 0 Å². The van der Waals surface area contributed by atoms with Crippen molar-refractivity contribution in [2.45, 2.75) is 25.3 Å². The predicted molar refractivity (Wildman–Crippen MR) is 74.1 cm³/mol. The first-order valence-corrected chi connectivity index (χ1v) is 5.97. The highest BCUT2D eigenvalue weighted by molar-refractivity contribution is 5.85. The summed E-state index contributed by atoms with van der Waals surface area (Å²) in [6, 6.07) is 8.90. The fourth-order valence-electron chi connectivity index (χ4n) is 2.15. The molecule has 1 aliphatic rings. The number of hydrogen-bond acceptors (Lipinski definition) is 2. The van der Waals surface area contributed by atoms with Crippen LogP contribution < -0.4 is 5.32 Å². The third-order valence-electron chi connectivity index (χ3n) is 3.06. The Balaban J connectivity index is 0.00000162. The van der Waals surface area contributed by atoms with E-state index in [4.69, 9.17) is 5.11 Å². The topological polar surface area (TPSA) is 49.3 Å². The predicted octanol–water partition coefficient (Wildman–Crippen LogP) is 2.72. The number of carboxylic acid groups (broad SMARTS) is 1. The standard InChI is InChI=1S/C14H17NO2.ClH/c16-14(17)5-1-3-11-6-8-12(9-7-11)13-4-2-10-15-13;/h1,5-9,13,15H,2-4,10H2,(H,16,17);1H/t13-;/m0./s1. The number of benzene rings is 1. The van der Waals surface area contributed by atoms with Gasteiger partial charge in [0.2, 0.25) is 0 Å². The molecule has 0 aromatic heterocycles. The molecule has 1 aromatic rings. The van der Waals surface area contributed by atoms with Crippen LogP contribution in [0, 0.1) is 0 Å². The highest BCUT2D eigenvalue weighted by Crippen LogP contribution is 2.23. The van der Waals surface area contributed by atoms with E-state index in [2.05, 4.69) is 29.6 Å². The molecule has 1 heterocycles. The largest absolute Gasteiger partial charge is 0.478 e. The molecule has 0 bridgehead atoms. The monoisotopic (exact) mass is 267 g/mol. The lowest BCUT2D eigenvalue weighted by atomic mass is 10.0. The lowest BCUT2D eigenvalue weighted by molar-refractivity contribution is -0.131. The van der Waals surface area contributed by atoms with Gasteiger partial charge in [0.25, 0.3) is 0 Å². The highest BCUT2D eigenvalue weighted by atomic mass is 35.5. The van der Waals surface area contributed by atoms with Gasteiger partial charge >= 0.3 is 5.97 Å². The first-order valence-electron chi connectivity index (χ1n) is 5.97. The molecule has 0 radical (unpaired) electrons. The molecule has 3 nitrogen and oxygen atoms in total. The number of hydrogen-bond donors (Lipinski definition) is 2. The van der Waals surface area contributed by atoms with Gasteiger partial charge in [0.05, 0.1) is 0 Å². The Morgan fingerprint density at radius 2 is 2.11 bits per heavy atom. The van der Waals surface area contributed by atoms with Gasteiger partial charge in [-0.1, -0.05) is 30.3 Å². The molecule has 18 heavy (non-hydrogen) atoms.